The summed E-state index contributed by atoms with van der Waals surface area (Å²) in [4.78, 5) is 2.16. The highest BCUT2D eigenvalue weighted by molar-refractivity contribution is 5.46. The summed E-state index contributed by atoms with van der Waals surface area (Å²) < 4.78 is 13.2. The number of nitrogens with zero attached hydrogens (tertiary/aromatic N) is 1. The van der Waals surface area contributed by atoms with Crippen LogP contribution in [0.15, 0.2) is 24.3 Å². The molecule has 0 spiro atoms. The number of anilines is 1. The van der Waals surface area contributed by atoms with Gasteiger partial charge in [-0.1, -0.05) is 18.9 Å². The molecule has 0 radical (unpaired) electrons. The predicted molar refractivity (Wildman–Crippen MR) is 72.3 cm³/mol. The Labute approximate surface area is 108 Å². The summed E-state index contributed by atoms with van der Waals surface area (Å²) in [5, 5.41) is 10.0. The molecule has 0 saturated heterocycles. The molecule has 0 amide bonds. The molecule has 1 aromatic carbocycles. The van der Waals surface area contributed by atoms with Crippen LogP contribution in [0.5, 0.6) is 0 Å². The average molecular weight is 251 g/mol. The molecule has 2 nitrogen and oxygen atoms in total. The first-order valence-electron chi connectivity index (χ1n) is 6.89. The number of rotatable bonds is 4. The molecule has 2 rings (SSSR count). The van der Waals surface area contributed by atoms with Gasteiger partial charge in [-0.25, -0.2) is 4.39 Å². The normalized spacial score (nSPS) is 23.9. The second-order valence-corrected chi connectivity index (χ2v) is 5.13. The van der Waals surface area contributed by atoms with Gasteiger partial charge >= 0.3 is 0 Å². The minimum atomic E-state index is -0.199. The second kappa shape index (κ2) is 6.19. The van der Waals surface area contributed by atoms with Crippen molar-refractivity contribution in [2.45, 2.75) is 38.7 Å². The number of aliphatic hydroxyl groups excluding tert-OH is 1. The first kappa shape index (κ1) is 13.3. The van der Waals surface area contributed by atoms with E-state index < -0.39 is 0 Å². The van der Waals surface area contributed by atoms with Crippen LogP contribution in [0.3, 0.4) is 0 Å². The van der Waals surface area contributed by atoms with E-state index in [9.17, 15) is 9.50 Å². The molecular weight excluding hydrogens is 229 g/mol. The Kier molecular flexibility index (Phi) is 4.59. The molecule has 0 heterocycles. The van der Waals surface area contributed by atoms with Gasteiger partial charge in [0.15, 0.2) is 0 Å². The predicted octanol–water partition coefficient (Wildman–Crippen LogP) is 3.20. The molecule has 1 N–H and O–H groups in total. The molecule has 0 aromatic heterocycles. The topological polar surface area (TPSA) is 23.5 Å². The Balaban J connectivity index is 2.04. The lowest BCUT2D eigenvalue weighted by atomic mass is 9.86. The Morgan fingerprint density at radius 1 is 1.33 bits per heavy atom. The van der Waals surface area contributed by atoms with E-state index >= 15 is 0 Å². The van der Waals surface area contributed by atoms with E-state index in [0.29, 0.717) is 5.92 Å². The maximum atomic E-state index is 13.2. The molecule has 1 aromatic rings. The zero-order valence-corrected chi connectivity index (χ0v) is 11.0. The Morgan fingerprint density at radius 2 is 2.11 bits per heavy atom. The van der Waals surface area contributed by atoms with Gasteiger partial charge in [0.1, 0.15) is 5.82 Å². The van der Waals surface area contributed by atoms with Crippen molar-refractivity contribution in [2.24, 2.45) is 5.92 Å². The molecule has 2 atom stereocenters. The van der Waals surface area contributed by atoms with E-state index in [4.69, 9.17) is 0 Å². The fraction of sp³-hybridized carbons (Fsp3) is 0.600. The first-order valence-corrected chi connectivity index (χ1v) is 6.89. The zero-order chi connectivity index (χ0) is 13.0. The third-order valence-electron chi connectivity index (χ3n) is 3.88. The highest BCUT2D eigenvalue weighted by Crippen LogP contribution is 2.27. The van der Waals surface area contributed by atoms with Gasteiger partial charge in [-0.05, 0) is 38.0 Å². The van der Waals surface area contributed by atoms with Crippen LogP contribution < -0.4 is 4.90 Å². The summed E-state index contributed by atoms with van der Waals surface area (Å²) in [6, 6.07) is 6.71. The first-order chi connectivity index (χ1) is 8.70. The van der Waals surface area contributed by atoms with E-state index in [2.05, 4.69) is 11.8 Å². The van der Waals surface area contributed by atoms with Gasteiger partial charge < -0.3 is 10.0 Å². The van der Waals surface area contributed by atoms with Crippen molar-refractivity contribution >= 4 is 5.69 Å². The van der Waals surface area contributed by atoms with E-state index in [1.807, 2.05) is 6.07 Å². The highest BCUT2D eigenvalue weighted by Gasteiger charge is 2.24. The van der Waals surface area contributed by atoms with E-state index in [1.165, 1.54) is 12.5 Å². The van der Waals surface area contributed by atoms with Crippen LogP contribution in [0.4, 0.5) is 10.1 Å². The largest absolute Gasteiger partial charge is 0.393 e. The van der Waals surface area contributed by atoms with Crippen LogP contribution in [0.25, 0.3) is 0 Å². The molecule has 1 aliphatic carbocycles. The van der Waals surface area contributed by atoms with Crippen LogP contribution >= 0.6 is 0 Å². The number of benzene rings is 1. The van der Waals surface area contributed by atoms with E-state index in [-0.39, 0.29) is 11.9 Å². The van der Waals surface area contributed by atoms with Gasteiger partial charge in [-0.2, -0.15) is 0 Å². The monoisotopic (exact) mass is 251 g/mol. The van der Waals surface area contributed by atoms with Crippen molar-refractivity contribution in [1.82, 2.24) is 0 Å². The molecule has 1 saturated carbocycles. The second-order valence-electron chi connectivity index (χ2n) is 5.13. The molecule has 3 heteroatoms. The number of hydrogen-bond donors (Lipinski definition) is 1. The van der Waals surface area contributed by atoms with Crippen molar-refractivity contribution in [2.75, 3.05) is 18.0 Å². The average Bonchev–Trinajstić information content (AvgIpc) is 2.38. The Morgan fingerprint density at radius 3 is 2.78 bits per heavy atom. The fourth-order valence-electron chi connectivity index (χ4n) is 2.77. The smallest absolute Gasteiger partial charge is 0.125 e. The molecule has 1 fully saturated rings. The summed E-state index contributed by atoms with van der Waals surface area (Å²) in [7, 11) is 0. The molecule has 0 aliphatic heterocycles. The van der Waals surface area contributed by atoms with Crippen molar-refractivity contribution < 1.29 is 9.50 Å². The van der Waals surface area contributed by atoms with Gasteiger partial charge in [-0.15, -0.1) is 0 Å². The van der Waals surface area contributed by atoms with Crippen molar-refractivity contribution in [3.63, 3.8) is 0 Å². The van der Waals surface area contributed by atoms with Crippen LogP contribution in [0, 0.1) is 11.7 Å². The number of aliphatic hydroxyl groups is 1. The maximum absolute atomic E-state index is 13.2. The molecular formula is C15H22FNO. The maximum Gasteiger partial charge on any atom is 0.125 e. The number of halogens is 1. The molecule has 100 valence electrons. The van der Waals surface area contributed by atoms with Gasteiger partial charge in [-0.3, -0.25) is 0 Å². The Hall–Kier alpha value is -1.09. The summed E-state index contributed by atoms with van der Waals surface area (Å²) in [6.45, 7) is 3.73. The van der Waals surface area contributed by atoms with E-state index in [1.54, 1.807) is 12.1 Å². The standard InChI is InChI=1S/C15H22FNO/c1-2-17(14-8-5-7-13(16)10-14)11-12-6-3-4-9-15(12)18/h5,7-8,10,12,15,18H,2-4,6,9,11H2,1H3. The molecule has 0 bridgehead atoms. The minimum Gasteiger partial charge on any atom is -0.393 e. The van der Waals surface area contributed by atoms with Gasteiger partial charge in [0.25, 0.3) is 0 Å². The number of hydrogen-bond acceptors (Lipinski definition) is 2. The van der Waals surface area contributed by atoms with Gasteiger partial charge in [0.05, 0.1) is 6.10 Å². The van der Waals surface area contributed by atoms with E-state index in [0.717, 1.165) is 38.0 Å². The van der Waals surface area contributed by atoms with Crippen molar-refractivity contribution in [1.29, 1.82) is 0 Å². The van der Waals surface area contributed by atoms with Crippen LogP contribution in [-0.2, 0) is 0 Å². The minimum absolute atomic E-state index is 0.193. The summed E-state index contributed by atoms with van der Waals surface area (Å²) in [5.41, 5.74) is 0.912. The quantitative estimate of drug-likeness (QED) is 0.888. The molecule has 18 heavy (non-hydrogen) atoms. The summed E-state index contributed by atoms with van der Waals surface area (Å²) in [5.74, 6) is 0.122. The zero-order valence-electron chi connectivity index (χ0n) is 11.0. The highest BCUT2D eigenvalue weighted by atomic mass is 19.1. The lowest BCUT2D eigenvalue weighted by Gasteiger charge is -2.33. The molecule has 1 aliphatic rings. The summed E-state index contributed by atoms with van der Waals surface area (Å²) in [6.07, 6.45) is 4.12. The van der Waals surface area contributed by atoms with Gasteiger partial charge in [0.2, 0.25) is 0 Å². The van der Waals surface area contributed by atoms with Crippen LogP contribution in [-0.4, -0.2) is 24.3 Å². The van der Waals surface area contributed by atoms with Crippen LogP contribution in [0.1, 0.15) is 32.6 Å². The lowest BCUT2D eigenvalue weighted by Crippen LogP contribution is -2.37. The lowest BCUT2D eigenvalue weighted by molar-refractivity contribution is 0.0732. The van der Waals surface area contributed by atoms with Crippen molar-refractivity contribution in [3.8, 4) is 0 Å². The SMILES string of the molecule is CCN(CC1CCCCC1O)c1cccc(F)c1. The summed E-state index contributed by atoms with van der Waals surface area (Å²) >= 11 is 0. The third-order valence-corrected chi connectivity index (χ3v) is 3.88. The fourth-order valence-corrected chi connectivity index (χ4v) is 2.77. The molecule has 2 unspecified atom stereocenters. The van der Waals surface area contributed by atoms with Gasteiger partial charge in [0, 0.05) is 24.7 Å². The third kappa shape index (κ3) is 3.22. The Bertz CT molecular complexity index is 383. The van der Waals surface area contributed by atoms with Crippen molar-refractivity contribution in [3.05, 3.63) is 30.1 Å². The van der Waals surface area contributed by atoms with Crippen LogP contribution in [0.2, 0.25) is 0 Å².